The number of anilines is 3. The van der Waals surface area contributed by atoms with E-state index in [0.29, 0.717) is 21.9 Å². The molecule has 0 fully saturated rings. The molecule has 112 valence electrons. The zero-order valence-corrected chi connectivity index (χ0v) is 12.9. The van der Waals surface area contributed by atoms with Gasteiger partial charge >= 0.3 is 6.18 Å². The van der Waals surface area contributed by atoms with Crippen molar-refractivity contribution in [3.05, 3.63) is 39.5 Å². The number of halogens is 5. The maximum Gasteiger partial charge on any atom is 0.416 e. The Hall–Kier alpha value is -1.54. The van der Waals surface area contributed by atoms with Crippen molar-refractivity contribution < 1.29 is 13.2 Å². The second-order valence-electron chi connectivity index (χ2n) is 3.96. The minimum Gasteiger partial charge on any atom is -0.357 e. The zero-order valence-electron chi connectivity index (χ0n) is 10.6. The van der Waals surface area contributed by atoms with E-state index in [-0.39, 0.29) is 5.02 Å². The molecule has 1 heterocycles. The first-order valence-electron chi connectivity index (χ1n) is 5.65. The van der Waals surface area contributed by atoms with E-state index in [0.717, 1.165) is 12.1 Å². The molecule has 0 unspecified atom stereocenters. The second kappa shape index (κ2) is 6.07. The molecule has 21 heavy (non-hydrogen) atoms. The molecule has 0 bridgehead atoms. The predicted molar refractivity (Wildman–Crippen MR) is 79.0 cm³/mol. The highest BCUT2D eigenvalue weighted by Crippen LogP contribution is 2.35. The average molecular weight is 382 g/mol. The number of rotatable bonds is 3. The minimum absolute atomic E-state index is 0.0543. The molecule has 2 rings (SSSR count). The van der Waals surface area contributed by atoms with E-state index < -0.39 is 11.7 Å². The van der Waals surface area contributed by atoms with Crippen molar-refractivity contribution in [2.75, 3.05) is 17.7 Å². The first-order valence-corrected chi connectivity index (χ1v) is 6.82. The van der Waals surface area contributed by atoms with E-state index in [1.165, 1.54) is 12.3 Å². The smallest absolute Gasteiger partial charge is 0.357 e. The van der Waals surface area contributed by atoms with Gasteiger partial charge in [-0.1, -0.05) is 11.6 Å². The molecule has 0 spiro atoms. The fourth-order valence-electron chi connectivity index (χ4n) is 1.50. The summed E-state index contributed by atoms with van der Waals surface area (Å²) in [6.07, 6.45) is -2.92. The number of hydrogen-bond acceptors (Lipinski definition) is 4. The maximum absolute atomic E-state index is 12.6. The predicted octanol–water partition coefficient (Wildman–Crippen LogP) is 4.70. The van der Waals surface area contributed by atoms with E-state index in [9.17, 15) is 13.2 Å². The normalized spacial score (nSPS) is 11.3. The monoisotopic (exact) mass is 380 g/mol. The lowest BCUT2D eigenvalue weighted by molar-refractivity contribution is -0.137. The zero-order chi connectivity index (χ0) is 15.6. The molecule has 2 aromatic rings. The van der Waals surface area contributed by atoms with Crippen molar-refractivity contribution in [3.63, 3.8) is 0 Å². The molecule has 1 aromatic heterocycles. The number of alkyl halides is 3. The van der Waals surface area contributed by atoms with Gasteiger partial charge in [-0.05, 0) is 34.1 Å². The lowest BCUT2D eigenvalue weighted by atomic mass is 10.2. The van der Waals surface area contributed by atoms with E-state index in [2.05, 4.69) is 36.5 Å². The van der Waals surface area contributed by atoms with Crippen LogP contribution in [0.2, 0.25) is 5.02 Å². The van der Waals surface area contributed by atoms with Crippen LogP contribution in [0, 0.1) is 0 Å². The van der Waals surface area contributed by atoms with Gasteiger partial charge < -0.3 is 10.6 Å². The Balaban J connectivity index is 2.32. The van der Waals surface area contributed by atoms with Crippen molar-refractivity contribution in [1.29, 1.82) is 0 Å². The van der Waals surface area contributed by atoms with Crippen LogP contribution in [0.4, 0.5) is 30.6 Å². The van der Waals surface area contributed by atoms with Gasteiger partial charge in [0.05, 0.1) is 20.7 Å². The molecular formula is C12H9BrClF3N4. The van der Waals surface area contributed by atoms with Gasteiger partial charge in [-0.15, -0.1) is 0 Å². The van der Waals surface area contributed by atoms with Gasteiger partial charge in [0.1, 0.15) is 5.82 Å². The van der Waals surface area contributed by atoms with Crippen LogP contribution in [-0.2, 0) is 6.18 Å². The summed E-state index contributed by atoms with van der Waals surface area (Å²) in [5.74, 6) is 0.750. The van der Waals surface area contributed by atoms with Gasteiger partial charge in [0.15, 0.2) is 0 Å². The highest BCUT2D eigenvalue weighted by molar-refractivity contribution is 9.10. The Labute approximate surface area is 131 Å². The van der Waals surface area contributed by atoms with Gasteiger partial charge in [-0.2, -0.15) is 18.2 Å². The maximum atomic E-state index is 12.6. The van der Waals surface area contributed by atoms with Crippen LogP contribution in [0.25, 0.3) is 0 Å². The Kier molecular flexibility index (Phi) is 4.58. The SMILES string of the molecule is CNc1ncc(Br)c(Nc2ccc(C(F)(F)F)cc2Cl)n1. The fourth-order valence-corrected chi connectivity index (χ4v) is 2.01. The highest BCUT2D eigenvalue weighted by Gasteiger charge is 2.30. The summed E-state index contributed by atoms with van der Waals surface area (Å²) in [6.45, 7) is 0. The van der Waals surface area contributed by atoms with Crippen LogP contribution in [-0.4, -0.2) is 17.0 Å². The third-order valence-electron chi connectivity index (χ3n) is 2.52. The number of benzene rings is 1. The molecule has 1 aromatic carbocycles. The van der Waals surface area contributed by atoms with Gasteiger partial charge in [0.2, 0.25) is 5.95 Å². The molecule has 0 saturated heterocycles. The minimum atomic E-state index is -4.43. The quantitative estimate of drug-likeness (QED) is 0.809. The Morgan fingerprint density at radius 2 is 2.00 bits per heavy atom. The Bertz CT molecular complexity index is 663. The van der Waals surface area contributed by atoms with Crippen LogP contribution in [0.1, 0.15) is 5.56 Å². The molecule has 2 N–H and O–H groups in total. The molecule has 0 aliphatic carbocycles. The summed E-state index contributed by atoms with van der Waals surface area (Å²) in [5, 5.41) is 5.56. The average Bonchev–Trinajstić information content (AvgIpc) is 2.42. The van der Waals surface area contributed by atoms with Crippen LogP contribution < -0.4 is 10.6 Å². The number of aromatic nitrogens is 2. The van der Waals surface area contributed by atoms with E-state index in [4.69, 9.17) is 11.6 Å². The first-order chi connectivity index (χ1) is 9.81. The van der Waals surface area contributed by atoms with Crippen molar-refractivity contribution in [1.82, 2.24) is 9.97 Å². The second-order valence-corrected chi connectivity index (χ2v) is 5.22. The summed E-state index contributed by atoms with van der Waals surface area (Å²) in [6, 6.07) is 3.05. The van der Waals surface area contributed by atoms with Gasteiger partial charge in [0.25, 0.3) is 0 Å². The highest BCUT2D eigenvalue weighted by atomic mass is 79.9. The topological polar surface area (TPSA) is 49.8 Å². The molecule has 0 aliphatic heterocycles. The first kappa shape index (κ1) is 15.8. The molecule has 0 atom stereocenters. The van der Waals surface area contributed by atoms with Crippen molar-refractivity contribution >= 4 is 45.0 Å². The molecule has 9 heteroatoms. The largest absolute Gasteiger partial charge is 0.416 e. The van der Waals surface area contributed by atoms with E-state index in [1.807, 2.05) is 0 Å². The molecule has 0 aliphatic rings. The van der Waals surface area contributed by atoms with Gasteiger partial charge in [-0.25, -0.2) is 4.98 Å². The molecular weight excluding hydrogens is 373 g/mol. The van der Waals surface area contributed by atoms with Crippen LogP contribution in [0.3, 0.4) is 0 Å². The lowest BCUT2D eigenvalue weighted by Crippen LogP contribution is -2.06. The molecule has 0 amide bonds. The summed E-state index contributed by atoms with van der Waals surface area (Å²) >= 11 is 9.12. The summed E-state index contributed by atoms with van der Waals surface area (Å²) in [4.78, 5) is 8.11. The van der Waals surface area contributed by atoms with Crippen LogP contribution in [0.15, 0.2) is 28.9 Å². The number of hydrogen-bond donors (Lipinski definition) is 2. The summed E-state index contributed by atoms with van der Waals surface area (Å²) < 4.78 is 38.3. The number of nitrogens with one attached hydrogen (secondary N) is 2. The van der Waals surface area contributed by atoms with E-state index >= 15 is 0 Å². The molecule has 4 nitrogen and oxygen atoms in total. The lowest BCUT2D eigenvalue weighted by Gasteiger charge is -2.12. The molecule has 0 saturated carbocycles. The third-order valence-corrected chi connectivity index (χ3v) is 3.41. The third kappa shape index (κ3) is 3.76. The standard InChI is InChI=1S/C12H9BrClF3N4/c1-18-11-19-5-7(13)10(21-11)20-9-3-2-6(4-8(9)14)12(15,16)17/h2-5H,1H3,(H2,18,19,20,21). The Morgan fingerprint density at radius 1 is 1.29 bits per heavy atom. The van der Waals surface area contributed by atoms with Crippen molar-refractivity contribution in [3.8, 4) is 0 Å². The van der Waals surface area contributed by atoms with Crippen molar-refractivity contribution in [2.24, 2.45) is 0 Å². The fraction of sp³-hybridized carbons (Fsp3) is 0.167. The van der Waals surface area contributed by atoms with Gasteiger partial charge in [0, 0.05) is 13.2 Å². The van der Waals surface area contributed by atoms with Crippen LogP contribution >= 0.6 is 27.5 Å². The van der Waals surface area contributed by atoms with Crippen molar-refractivity contribution in [2.45, 2.75) is 6.18 Å². The number of nitrogens with zero attached hydrogens (tertiary/aromatic N) is 2. The molecule has 0 radical (unpaired) electrons. The summed E-state index contributed by atoms with van der Waals surface area (Å²) in [5.41, 5.74) is -0.498. The van der Waals surface area contributed by atoms with Crippen LogP contribution in [0.5, 0.6) is 0 Å². The van der Waals surface area contributed by atoms with Gasteiger partial charge in [-0.3, -0.25) is 0 Å². The summed E-state index contributed by atoms with van der Waals surface area (Å²) in [7, 11) is 1.65. The Morgan fingerprint density at radius 3 is 2.57 bits per heavy atom. The van der Waals surface area contributed by atoms with E-state index in [1.54, 1.807) is 7.05 Å².